The van der Waals surface area contributed by atoms with Crippen LogP contribution in [0.25, 0.3) is 21.0 Å². The monoisotopic (exact) mass is 677 g/mol. The Hall–Kier alpha value is -4.39. The molecule has 4 rings (SSSR count). The number of amides is 2. The molecule has 2 aromatic heterocycles. The fourth-order valence-corrected chi connectivity index (χ4v) is 6.61. The minimum Gasteiger partial charge on any atom is -0.479 e. The number of ether oxygens (including phenoxy) is 3. The molecule has 2 heterocycles. The van der Waals surface area contributed by atoms with Crippen molar-refractivity contribution in [2.45, 2.75) is 85.2 Å². The van der Waals surface area contributed by atoms with Gasteiger partial charge < -0.3 is 30.0 Å². The van der Waals surface area contributed by atoms with E-state index in [-0.39, 0.29) is 30.5 Å². The molecule has 4 aromatic rings. The highest BCUT2D eigenvalue weighted by Gasteiger charge is 2.43. The minimum absolute atomic E-state index is 0.0950. The van der Waals surface area contributed by atoms with Crippen LogP contribution in [0.5, 0.6) is 0 Å². The zero-order valence-corrected chi connectivity index (χ0v) is 29.6. The molecule has 0 aliphatic rings. The molecule has 0 aliphatic carbocycles. The first-order valence-electron chi connectivity index (χ1n) is 15.5. The first-order chi connectivity index (χ1) is 22.3. The van der Waals surface area contributed by atoms with Crippen molar-refractivity contribution in [2.24, 2.45) is 0 Å². The summed E-state index contributed by atoms with van der Waals surface area (Å²) < 4.78 is 17.4. The van der Waals surface area contributed by atoms with E-state index in [9.17, 15) is 24.3 Å². The third kappa shape index (κ3) is 8.36. The first kappa shape index (κ1) is 36.4. The molecule has 0 saturated heterocycles. The van der Waals surface area contributed by atoms with Crippen molar-refractivity contribution in [2.75, 3.05) is 19.0 Å². The number of rotatable bonds is 11. The molecular weight excluding hydrogens is 634 g/mol. The van der Waals surface area contributed by atoms with Gasteiger partial charge in [0.25, 0.3) is 5.91 Å². The quantitative estimate of drug-likeness (QED) is 0.142. The van der Waals surface area contributed by atoms with Gasteiger partial charge in [-0.3, -0.25) is 9.59 Å². The molecule has 48 heavy (non-hydrogen) atoms. The number of carboxylic acid groups (broad SMARTS) is 1. The lowest BCUT2D eigenvalue weighted by molar-refractivity contribution is -0.150. The van der Waals surface area contributed by atoms with Gasteiger partial charge in [-0.1, -0.05) is 18.2 Å². The summed E-state index contributed by atoms with van der Waals surface area (Å²) in [4.78, 5) is 56.8. The highest BCUT2D eigenvalue weighted by Crippen LogP contribution is 2.37. The normalized spacial score (nSPS) is 13.3. The van der Waals surface area contributed by atoms with Crippen molar-refractivity contribution >= 4 is 61.9 Å². The van der Waals surface area contributed by atoms with E-state index >= 15 is 0 Å². The van der Waals surface area contributed by atoms with Gasteiger partial charge in [0.15, 0.2) is 11.3 Å². The van der Waals surface area contributed by atoms with Crippen molar-refractivity contribution in [3.8, 4) is 0 Å². The molecule has 2 amide bonds. The van der Waals surface area contributed by atoms with Crippen molar-refractivity contribution in [3.05, 3.63) is 69.6 Å². The van der Waals surface area contributed by atoms with Gasteiger partial charge in [-0.15, -0.1) is 11.3 Å². The van der Waals surface area contributed by atoms with Crippen LogP contribution in [0.3, 0.4) is 0 Å². The summed E-state index contributed by atoms with van der Waals surface area (Å²) in [6.07, 6.45) is -1.02. The van der Waals surface area contributed by atoms with Gasteiger partial charge in [-0.25, -0.2) is 14.6 Å². The summed E-state index contributed by atoms with van der Waals surface area (Å²) in [5, 5.41) is 17.4. The Morgan fingerprint density at radius 1 is 0.938 bits per heavy atom. The third-order valence-electron chi connectivity index (χ3n) is 7.51. The lowest BCUT2D eigenvalue weighted by atomic mass is 9.89. The Morgan fingerprint density at radius 2 is 1.65 bits per heavy atom. The largest absolute Gasteiger partial charge is 0.479 e. The molecule has 0 saturated carbocycles. The molecule has 0 unspecified atom stereocenters. The number of nitrogens with zero attached hydrogens (tertiary/aromatic N) is 1. The average Bonchev–Trinajstić information content (AvgIpc) is 3.32. The standard InChI is InChI=1S/C36H43N3O8S/c1-20-28-23(18-45-9)13-14-24(21(2)40)30(28)48-29(20)31(41)38-27-16-15-25-22(11-10-12-26(25)37-27)17-36(32(42)43,19-46-34(3,4)5)39-33(44)47-35(6,7)8/h10-16H,17-19H2,1-9H3,(H,39,44)(H,42,43)(H,37,38,41)/t36-/m0/s1. The van der Waals surface area contributed by atoms with E-state index < -0.39 is 28.8 Å². The highest BCUT2D eigenvalue weighted by atomic mass is 32.1. The summed E-state index contributed by atoms with van der Waals surface area (Å²) in [7, 11) is 1.59. The number of fused-ring (bicyclic) bond motifs is 2. The van der Waals surface area contributed by atoms with Crippen molar-refractivity contribution in [1.29, 1.82) is 0 Å². The number of ketones is 1. The van der Waals surface area contributed by atoms with E-state index in [0.29, 0.717) is 33.5 Å². The predicted molar refractivity (Wildman–Crippen MR) is 186 cm³/mol. The van der Waals surface area contributed by atoms with E-state index in [1.165, 1.54) is 18.3 Å². The minimum atomic E-state index is -1.87. The average molecular weight is 678 g/mol. The predicted octanol–water partition coefficient (Wildman–Crippen LogP) is 7.06. The number of aromatic nitrogens is 1. The zero-order valence-electron chi connectivity index (χ0n) is 28.8. The summed E-state index contributed by atoms with van der Waals surface area (Å²) >= 11 is 1.25. The number of hydrogen-bond acceptors (Lipinski definition) is 9. The van der Waals surface area contributed by atoms with Gasteiger partial charge in [-0.2, -0.15) is 0 Å². The molecular formula is C36H43N3O8S. The number of nitrogens with one attached hydrogen (secondary N) is 2. The number of anilines is 1. The Balaban J connectivity index is 1.68. The SMILES string of the molecule is COCc1ccc(C(C)=O)c2sc(C(=O)Nc3ccc4c(C[C@@](COC(C)(C)C)(NC(=O)OC(C)(C)C)C(=O)O)cccc4n3)c(C)c12. The van der Waals surface area contributed by atoms with Gasteiger partial charge in [0.05, 0.1) is 29.2 Å². The van der Waals surface area contributed by atoms with Crippen LogP contribution in [0.2, 0.25) is 0 Å². The number of hydrogen-bond donors (Lipinski definition) is 3. The molecule has 1 atom stereocenters. The number of carbonyl (C=O) groups is 4. The maximum atomic E-state index is 13.6. The smallest absolute Gasteiger partial charge is 0.408 e. The topological polar surface area (TPSA) is 153 Å². The number of pyridine rings is 1. The van der Waals surface area contributed by atoms with Crippen molar-refractivity contribution in [3.63, 3.8) is 0 Å². The third-order valence-corrected chi connectivity index (χ3v) is 8.83. The number of thiophene rings is 1. The van der Waals surface area contributed by atoms with Gasteiger partial charge in [0, 0.05) is 34.6 Å². The number of carboxylic acids is 1. The fraction of sp³-hybridized carbons (Fsp3) is 0.417. The number of benzene rings is 2. The Bertz CT molecular complexity index is 1890. The van der Waals surface area contributed by atoms with Crippen LogP contribution in [-0.2, 0) is 32.0 Å². The van der Waals surface area contributed by atoms with Crippen LogP contribution in [0, 0.1) is 6.92 Å². The van der Waals surface area contributed by atoms with E-state index in [4.69, 9.17) is 14.2 Å². The molecule has 256 valence electrons. The Morgan fingerprint density at radius 3 is 2.25 bits per heavy atom. The molecule has 12 heteroatoms. The molecule has 3 N–H and O–H groups in total. The second kappa shape index (κ2) is 14.0. The second-order valence-electron chi connectivity index (χ2n) is 13.7. The van der Waals surface area contributed by atoms with Crippen LogP contribution in [0.4, 0.5) is 10.6 Å². The van der Waals surface area contributed by atoms with E-state index in [0.717, 1.165) is 21.2 Å². The maximum absolute atomic E-state index is 13.6. The second-order valence-corrected chi connectivity index (χ2v) is 14.8. The lowest BCUT2D eigenvalue weighted by Gasteiger charge is -2.34. The van der Waals surface area contributed by atoms with Crippen LogP contribution in [-0.4, -0.2) is 64.3 Å². The van der Waals surface area contributed by atoms with Gasteiger partial charge in [0.2, 0.25) is 0 Å². The van der Waals surface area contributed by atoms with Crippen LogP contribution in [0.15, 0.2) is 42.5 Å². The molecule has 0 aliphatic heterocycles. The summed E-state index contributed by atoms with van der Waals surface area (Å²) in [6.45, 7) is 13.8. The van der Waals surface area contributed by atoms with Gasteiger partial charge >= 0.3 is 12.1 Å². The molecule has 0 fully saturated rings. The van der Waals surface area contributed by atoms with E-state index in [1.54, 1.807) is 85.1 Å². The molecule has 0 spiro atoms. The first-order valence-corrected chi connectivity index (χ1v) is 16.3. The summed E-state index contributed by atoms with van der Waals surface area (Å²) in [5.41, 5.74) is -0.131. The summed E-state index contributed by atoms with van der Waals surface area (Å²) in [5.74, 6) is -1.47. The lowest BCUT2D eigenvalue weighted by Crippen LogP contribution is -2.60. The van der Waals surface area contributed by atoms with E-state index in [2.05, 4.69) is 15.6 Å². The van der Waals surface area contributed by atoms with E-state index in [1.807, 2.05) is 13.0 Å². The number of carbonyl (C=O) groups excluding carboxylic acids is 3. The van der Waals surface area contributed by atoms with Crippen LogP contribution in [0.1, 0.15) is 85.2 Å². The maximum Gasteiger partial charge on any atom is 0.408 e. The van der Waals surface area contributed by atoms with Crippen molar-refractivity contribution in [1.82, 2.24) is 10.3 Å². The number of alkyl carbamates (subject to hydrolysis) is 1. The molecule has 11 nitrogen and oxygen atoms in total. The highest BCUT2D eigenvalue weighted by molar-refractivity contribution is 7.21. The molecule has 0 radical (unpaired) electrons. The molecule has 2 aromatic carbocycles. The molecule has 0 bridgehead atoms. The Kier molecular flexibility index (Phi) is 10.6. The number of aryl methyl sites for hydroxylation is 1. The van der Waals surface area contributed by atoms with Gasteiger partial charge in [0.1, 0.15) is 11.4 Å². The summed E-state index contributed by atoms with van der Waals surface area (Å²) in [6, 6.07) is 12.3. The van der Waals surface area contributed by atoms with Crippen LogP contribution < -0.4 is 10.6 Å². The number of Topliss-reactive ketones (excluding diaryl/α,β-unsaturated/α-hetero) is 1. The number of aliphatic carboxylic acids is 1. The van der Waals surface area contributed by atoms with Crippen LogP contribution >= 0.6 is 11.3 Å². The Labute approximate surface area is 284 Å². The fourth-order valence-electron chi connectivity index (χ4n) is 5.30. The van der Waals surface area contributed by atoms with Gasteiger partial charge in [-0.05, 0) is 96.3 Å². The van der Waals surface area contributed by atoms with Crippen molar-refractivity contribution < 1.29 is 38.5 Å². The number of methoxy groups -OCH3 is 1. The zero-order chi connectivity index (χ0) is 35.6.